The van der Waals surface area contributed by atoms with Gasteiger partial charge in [-0.05, 0) is 35.4 Å². The van der Waals surface area contributed by atoms with Gasteiger partial charge in [0.1, 0.15) is 4.88 Å². The number of phenolic OH excluding ortho intramolecular Hbond substituents is 1. The molecule has 4 rings (SSSR count). The van der Waals surface area contributed by atoms with E-state index in [4.69, 9.17) is 16.3 Å². The maximum Gasteiger partial charge on any atom is 0.346 e. The number of aromatic hydroxyl groups is 1. The Morgan fingerprint density at radius 2 is 1.97 bits per heavy atom. The van der Waals surface area contributed by atoms with Crippen LogP contribution in [0.4, 0.5) is 5.69 Å². The van der Waals surface area contributed by atoms with Crippen LogP contribution >= 0.6 is 22.9 Å². The average Bonchev–Trinajstić information content (AvgIpc) is 3.08. The molecule has 8 heteroatoms. The van der Waals surface area contributed by atoms with E-state index in [9.17, 15) is 19.8 Å². The van der Waals surface area contributed by atoms with Crippen LogP contribution in [-0.2, 0) is 4.79 Å². The van der Waals surface area contributed by atoms with Gasteiger partial charge in [-0.25, -0.2) is 4.79 Å². The molecule has 2 heterocycles. The number of halogens is 1. The fourth-order valence-corrected chi connectivity index (χ4v) is 4.88. The number of benzene rings is 2. The van der Waals surface area contributed by atoms with Crippen molar-refractivity contribution in [2.75, 3.05) is 12.4 Å². The second kappa shape index (κ2) is 7.42. The van der Waals surface area contributed by atoms with Crippen molar-refractivity contribution in [1.29, 1.82) is 0 Å². The molecule has 1 atom stereocenters. The second-order valence-electron chi connectivity index (χ2n) is 6.59. The highest BCUT2D eigenvalue weighted by atomic mass is 35.5. The van der Waals surface area contributed by atoms with Gasteiger partial charge >= 0.3 is 5.97 Å². The van der Waals surface area contributed by atoms with Gasteiger partial charge in [0.05, 0.1) is 12.8 Å². The number of hydrogen-bond acceptors (Lipinski definition) is 5. The number of fused-ring (bicyclic) bond motifs is 1. The minimum Gasteiger partial charge on any atom is -0.504 e. The fourth-order valence-electron chi connectivity index (χ4n) is 3.51. The van der Waals surface area contributed by atoms with Gasteiger partial charge in [-0.1, -0.05) is 29.8 Å². The number of carbonyl (C=O) groups is 2. The number of methoxy groups -OCH3 is 1. The van der Waals surface area contributed by atoms with Gasteiger partial charge in [0, 0.05) is 27.8 Å². The SMILES string of the molecule is COc1cc(C2CC(=O)Nc3c2sc(C(=O)O)c3-c2ccc(Cl)cc2)ccc1O. The molecule has 1 unspecified atom stereocenters. The van der Waals surface area contributed by atoms with Crippen molar-refractivity contribution < 1.29 is 24.5 Å². The summed E-state index contributed by atoms with van der Waals surface area (Å²) in [6.45, 7) is 0. The molecular formula is C21H16ClNO5S. The minimum absolute atomic E-state index is 0.00371. The Kier molecular flexibility index (Phi) is 4.94. The Morgan fingerprint density at radius 1 is 1.24 bits per heavy atom. The summed E-state index contributed by atoms with van der Waals surface area (Å²) in [6.07, 6.45) is 0.167. The van der Waals surface area contributed by atoms with Gasteiger partial charge < -0.3 is 20.3 Å². The lowest BCUT2D eigenvalue weighted by Crippen LogP contribution is -2.22. The lowest BCUT2D eigenvalue weighted by atomic mass is 9.88. The van der Waals surface area contributed by atoms with Gasteiger partial charge in [-0.2, -0.15) is 0 Å². The summed E-state index contributed by atoms with van der Waals surface area (Å²) >= 11 is 7.11. The normalized spacial score (nSPS) is 15.5. The van der Waals surface area contributed by atoms with Crippen LogP contribution in [0.2, 0.25) is 5.02 Å². The van der Waals surface area contributed by atoms with Crippen LogP contribution in [0.3, 0.4) is 0 Å². The third kappa shape index (κ3) is 3.43. The van der Waals surface area contributed by atoms with E-state index in [2.05, 4.69) is 5.32 Å². The molecule has 0 bridgehead atoms. The van der Waals surface area contributed by atoms with E-state index in [0.717, 1.165) is 21.8 Å². The highest BCUT2D eigenvalue weighted by Crippen LogP contribution is 2.50. The predicted molar refractivity (Wildman–Crippen MR) is 111 cm³/mol. The first kappa shape index (κ1) is 19.3. The molecule has 0 saturated heterocycles. The van der Waals surface area contributed by atoms with Crippen LogP contribution in [0.1, 0.15) is 32.5 Å². The summed E-state index contributed by atoms with van der Waals surface area (Å²) in [5, 5.41) is 23.1. The van der Waals surface area contributed by atoms with E-state index < -0.39 is 5.97 Å². The highest BCUT2D eigenvalue weighted by Gasteiger charge is 2.34. The molecule has 3 N–H and O–H groups in total. The summed E-state index contributed by atoms with van der Waals surface area (Å²) in [6, 6.07) is 11.7. The lowest BCUT2D eigenvalue weighted by Gasteiger charge is -2.24. The number of phenols is 1. The molecule has 1 aromatic heterocycles. The molecule has 1 amide bonds. The summed E-state index contributed by atoms with van der Waals surface area (Å²) in [5.41, 5.74) is 2.39. The third-order valence-electron chi connectivity index (χ3n) is 4.84. The maximum absolute atomic E-state index is 12.5. The first-order chi connectivity index (χ1) is 13.9. The standard InChI is InChI=1S/C21H16ClNO5S/c1-28-15-8-11(4-7-14(15)24)13-9-16(25)23-18-17(10-2-5-12(22)6-3-10)20(21(26)27)29-19(13)18/h2-8,13,24H,9H2,1H3,(H,23,25)(H,26,27). The molecule has 0 aliphatic carbocycles. The number of hydrogen-bond donors (Lipinski definition) is 3. The van der Waals surface area contributed by atoms with Crippen LogP contribution < -0.4 is 10.1 Å². The zero-order chi connectivity index (χ0) is 20.7. The van der Waals surface area contributed by atoms with Crippen molar-refractivity contribution in [3.8, 4) is 22.6 Å². The molecule has 29 heavy (non-hydrogen) atoms. The van der Waals surface area contributed by atoms with Crippen molar-refractivity contribution in [3.05, 3.63) is 62.8 Å². The third-order valence-corrected chi connectivity index (χ3v) is 6.38. The molecule has 0 fully saturated rings. The van der Waals surface area contributed by atoms with E-state index >= 15 is 0 Å². The molecule has 2 aromatic carbocycles. The number of carboxylic acids is 1. The summed E-state index contributed by atoms with van der Waals surface area (Å²) < 4.78 is 5.19. The molecule has 1 aliphatic heterocycles. The lowest BCUT2D eigenvalue weighted by molar-refractivity contribution is -0.116. The quantitative estimate of drug-likeness (QED) is 0.545. The van der Waals surface area contributed by atoms with Crippen molar-refractivity contribution in [2.24, 2.45) is 0 Å². The number of thiophene rings is 1. The van der Waals surface area contributed by atoms with Crippen molar-refractivity contribution in [3.63, 3.8) is 0 Å². The second-order valence-corrected chi connectivity index (χ2v) is 8.08. The Balaban J connectivity index is 1.92. The summed E-state index contributed by atoms with van der Waals surface area (Å²) in [7, 11) is 1.45. The van der Waals surface area contributed by atoms with Crippen molar-refractivity contribution in [2.45, 2.75) is 12.3 Å². The van der Waals surface area contributed by atoms with E-state index in [1.54, 1.807) is 36.4 Å². The van der Waals surface area contributed by atoms with Crippen LogP contribution in [0.25, 0.3) is 11.1 Å². The zero-order valence-electron chi connectivity index (χ0n) is 15.2. The van der Waals surface area contributed by atoms with Crippen molar-refractivity contribution in [1.82, 2.24) is 0 Å². The molecule has 3 aromatic rings. The fraction of sp³-hybridized carbons (Fsp3) is 0.143. The van der Waals surface area contributed by atoms with Crippen LogP contribution in [0, 0.1) is 0 Å². The molecule has 0 spiro atoms. The Bertz CT molecular complexity index is 1120. The number of anilines is 1. The monoisotopic (exact) mass is 429 g/mol. The smallest absolute Gasteiger partial charge is 0.346 e. The van der Waals surface area contributed by atoms with E-state index in [1.807, 2.05) is 0 Å². The topological polar surface area (TPSA) is 95.9 Å². The number of ether oxygens (including phenoxy) is 1. The number of rotatable bonds is 4. The van der Waals surface area contributed by atoms with Crippen molar-refractivity contribution >= 4 is 40.5 Å². The van der Waals surface area contributed by atoms with E-state index in [0.29, 0.717) is 27.6 Å². The Labute approximate surface area is 175 Å². The number of carbonyl (C=O) groups excluding carboxylic acids is 1. The van der Waals surface area contributed by atoms with Gasteiger partial charge in [-0.3, -0.25) is 4.79 Å². The van der Waals surface area contributed by atoms with E-state index in [-0.39, 0.29) is 28.9 Å². The van der Waals surface area contributed by atoms with Gasteiger partial charge in [0.15, 0.2) is 11.5 Å². The zero-order valence-corrected chi connectivity index (χ0v) is 16.8. The van der Waals surface area contributed by atoms with Crippen LogP contribution in [0.5, 0.6) is 11.5 Å². The molecule has 148 valence electrons. The van der Waals surface area contributed by atoms with Gasteiger partial charge in [0.25, 0.3) is 0 Å². The molecule has 0 saturated carbocycles. The van der Waals surface area contributed by atoms with Gasteiger partial charge in [-0.15, -0.1) is 11.3 Å². The maximum atomic E-state index is 12.5. The van der Waals surface area contributed by atoms with Gasteiger partial charge in [0.2, 0.25) is 5.91 Å². The highest BCUT2D eigenvalue weighted by molar-refractivity contribution is 7.15. The first-order valence-electron chi connectivity index (χ1n) is 8.71. The number of nitrogens with one attached hydrogen (secondary N) is 1. The molecule has 6 nitrogen and oxygen atoms in total. The molecular weight excluding hydrogens is 414 g/mol. The van der Waals surface area contributed by atoms with Crippen LogP contribution in [0.15, 0.2) is 42.5 Å². The summed E-state index contributed by atoms with van der Waals surface area (Å²) in [5.74, 6) is -1.33. The molecule has 0 radical (unpaired) electrons. The predicted octanol–water partition coefficient (Wildman–Crippen LogP) is 4.96. The Hall–Kier alpha value is -3.03. The Morgan fingerprint density at radius 3 is 2.62 bits per heavy atom. The molecule has 1 aliphatic rings. The number of amides is 1. The summed E-state index contributed by atoms with van der Waals surface area (Å²) in [4.78, 5) is 25.4. The van der Waals surface area contributed by atoms with E-state index in [1.165, 1.54) is 13.2 Å². The minimum atomic E-state index is -1.06. The largest absolute Gasteiger partial charge is 0.504 e. The number of aromatic carboxylic acids is 1. The number of carboxylic acid groups (broad SMARTS) is 1. The average molecular weight is 430 g/mol. The van der Waals surface area contributed by atoms with Crippen LogP contribution in [-0.4, -0.2) is 29.2 Å². The first-order valence-corrected chi connectivity index (χ1v) is 9.91.